The third kappa shape index (κ3) is 4.83. The smallest absolute Gasteiger partial charge is 0.244 e. The highest BCUT2D eigenvalue weighted by molar-refractivity contribution is 7.93. The normalized spacial score (nSPS) is 22.6. The van der Waals surface area contributed by atoms with Crippen LogP contribution in [-0.2, 0) is 19.6 Å². The molecule has 0 unspecified atom stereocenters. The van der Waals surface area contributed by atoms with Crippen LogP contribution < -0.4 is 9.62 Å². The molecule has 2 fully saturated rings. The minimum atomic E-state index is -3.16. The molecule has 2 aliphatic heterocycles. The van der Waals surface area contributed by atoms with Gasteiger partial charge in [0.1, 0.15) is 0 Å². The predicted octanol–water partition coefficient (Wildman–Crippen LogP) is 1.93. The third-order valence-corrected chi connectivity index (χ3v) is 6.37. The first-order valence-corrected chi connectivity index (χ1v) is 10.3. The Bertz CT molecular complexity index is 722. The molecule has 136 valence electrons. The summed E-state index contributed by atoms with van der Waals surface area (Å²) in [6.45, 7) is 1.97. The van der Waals surface area contributed by atoms with E-state index in [4.69, 9.17) is 4.74 Å². The summed E-state index contributed by atoms with van der Waals surface area (Å²) in [4.78, 5) is 11.8. The number of sulfonamides is 1. The molecule has 3 rings (SSSR count). The Labute approximate surface area is 148 Å². The second kappa shape index (κ2) is 8.01. The molecule has 1 aromatic rings. The lowest BCUT2D eigenvalue weighted by atomic mass is 10.2. The number of ether oxygens (including phenoxy) is 1. The molecule has 1 aromatic carbocycles. The van der Waals surface area contributed by atoms with Crippen LogP contribution in [0, 0.1) is 0 Å². The molecular formula is C18H24N2O4S. The van der Waals surface area contributed by atoms with Gasteiger partial charge in [-0.15, -0.1) is 0 Å². The van der Waals surface area contributed by atoms with Gasteiger partial charge in [0.05, 0.1) is 17.5 Å². The lowest BCUT2D eigenvalue weighted by Crippen LogP contribution is -2.25. The zero-order valence-corrected chi connectivity index (χ0v) is 15.0. The van der Waals surface area contributed by atoms with Crippen molar-refractivity contribution in [3.05, 3.63) is 35.9 Å². The van der Waals surface area contributed by atoms with E-state index in [0.29, 0.717) is 25.2 Å². The standard InChI is InChI=1S/C18H24N2O4S/c21-18(19-11-10-17-3-1-13-24-17)9-6-15-4-7-16(8-5-15)20-12-2-14-25(20,22)23/h4-9,17H,1-3,10-14H2,(H,19,21)/b9-6-/t17-/m1/s1. The highest BCUT2D eigenvalue weighted by Gasteiger charge is 2.28. The zero-order chi connectivity index (χ0) is 17.7. The van der Waals surface area contributed by atoms with Gasteiger partial charge >= 0.3 is 0 Å². The summed E-state index contributed by atoms with van der Waals surface area (Å²) < 4.78 is 30.8. The largest absolute Gasteiger partial charge is 0.378 e. The number of amides is 1. The maximum absolute atomic E-state index is 11.9. The summed E-state index contributed by atoms with van der Waals surface area (Å²) in [5.74, 6) is 0.0740. The number of hydrogen-bond acceptors (Lipinski definition) is 4. The fraction of sp³-hybridized carbons (Fsp3) is 0.500. The van der Waals surface area contributed by atoms with Crippen molar-refractivity contribution in [3.63, 3.8) is 0 Å². The van der Waals surface area contributed by atoms with Crippen molar-refractivity contribution >= 4 is 27.7 Å². The molecule has 0 spiro atoms. The van der Waals surface area contributed by atoms with Crippen molar-refractivity contribution in [3.8, 4) is 0 Å². The Morgan fingerprint density at radius 3 is 2.72 bits per heavy atom. The Kier molecular flexibility index (Phi) is 5.75. The minimum Gasteiger partial charge on any atom is -0.378 e. The van der Waals surface area contributed by atoms with Gasteiger partial charge < -0.3 is 10.1 Å². The van der Waals surface area contributed by atoms with E-state index < -0.39 is 10.0 Å². The first-order chi connectivity index (χ1) is 12.0. The fourth-order valence-electron chi connectivity index (χ4n) is 3.14. The van der Waals surface area contributed by atoms with E-state index >= 15 is 0 Å². The van der Waals surface area contributed by atoms with Crippen LogP contribution in [0.4, 0.5) is 5.69 Å². The van der Waals surface area contributed by atoms with Gasteiger partial charge in [0.25, 0.3) is 0 Å². The fourth-order valence-corrected chi connectivity index (χ4v) is 4.70. The Hall–Kier alpha value is -1.86. The second-order valence-corrected chi connectivity index (χ2v) is 8.39. The summed E-state index contributed by atoms with van der Waals surface area (Å²) >= 11 is 0. The number of anilines is 1. The van der Waals surface area contributed by atoms with Gasteiger partial charge in [-0.25, -0.2) is 8.42 Å². The zero-order valence-electron chi connectivity index (χ0n) is 14.2. The van der Waals surface area contributed by atoms with E-state index in [9.17, 15) is 13.2 Å². The molecule has 0 radical (unpaired) electrons. The predicted molar refractivity (Wildman–Crippen MR) is 97.8 cm³/mol. The number of hydrogen-bond donors (Lipinski definition) is 1. The monoisotopic (exact) mass is 364 g/mol. The van der Waals surface area contributed by atoms with E-state index in [1.807, 2.05) is 12.1 Å². The van der Waals surface area contributed by atoms with Crippen molar-refractivity contribution in [2.75, 3.05) is 29.8 Å². The summed E-state index contributed by atoms with van der Waals surface area (Å²) in [5, 5.41) is 2.85. The Balaban J connectivity index is 1.48. The molecule has 1 N–H and O–H groups in total. The van der Waals surface area contributed by atoms with Gasteiger partial charge in [-0.05, 0) is 49.5 Å². The van der Waals surface area contributed by atoms with Crippen molar-refractivity contribution in [2.45, 2.75) is 31.8 Å². The molecule has 1 atom stereocenters. The molecule has 2 aliphatic rings. The van der Waals surface area contributed by atoms with Gasteiger partial charge in [0.15, 0.2) is 0 Å². The number of nitrogens with one attached hydrogen (secondary N) is 1. The van der Waals surface area contributed by atoms with Crippen LogP contribution in [0.2, 0.25) is 0 Å². The molecule has 0 bridgehead atoms. The highest BCUT2D eigenvalue weighted by atomic mass is 32.2. The SMILES string of the molecule is O=C(/C=C\c1ccc(N2CCCS2(=O)=O)cc1)NCC[C@H]1CCCO1. The number of rotatable bonds is 6. The van der Waals surface area contributed by atoms with E-state index in [-0.39, 0.29) is 17.8 Å². The van der Waals surface area contributed by atoms with Gasteiger partial charge in [0, 0.05) is 25.8 Å². The Morgan fingerprint density at radius 2 is 2.08 bits per heavy atom. The van der Waals surface area contributed by atoms with Crippen molar-refractivity contribution < 1.29 is 17.9 Å². The summed E-state index contributed by atoms with van der Waals surface area (Å²) in [5.41, 5.74) is 1.53. The molecule has 2 saturated heterocycles. The summed E-state index contributed by atoms with van der Waals surface area (Å²) in [6.07, 6.45) is 7.19. The van der Waals surface area contributed by atoms with Gasteiger partial charge in [-0.3, -0.25) is 9.10 Å². The van der Waals surface area contributed by atoms with Crippen LogP contribution >= 0.6 is 0 Å². The average Bonchev–Trinajstić information content (AvgIpc) is 3.22. The molecule has 1 amide bonds. The number of carbonyl (C=O) groups excluding carboxylic acids is 1. The van der Waals surface area contributed by atoms with E-state index in [1.54, 1.807) is 18.2 Å². The van der Waals surface area contributed by atoms with Crippen LogP contribution in [0.3, 0.4) is 0 Å². The number of benzene rings is 1. The third-order valence-electron chi connectivity index (χ3n) is 4.50. The average molecular weight is 364 g/mol. The van der Waals surface area contributed by atoms with Crippen molar-refractivity contribution in [2.24, 2.45) is 0 Å². The first-order valence-electron chi connectivity index (χ1n) is 8.73. The summed E-state index contributed by atoms with van der Waals surface area (Å²) in [7, 11) is -3.16. The highest BCUT2D eigenvalue weighted by Crippen LogP contribution is 2.24. The molecule has 2 heterocycles. The van der Waals surface area contributed by atoms with Gasteiger partial charge in [0.2, 0.25) is 15.9 Å². The minimum absolute atomic E-state index is 0.135. The molecule has 6 nitrogen and oxygen atoms in total. The van der Waals surface area contributed by atoms with Crippen LogP contribution in [0.5, 0.6) is 0 Å². The second-order valence-electron chi connectivity index (χ2n) is 6.38. The van der Waals surface area contributed by atoms with Crippen LogP contribution in [0.1, 0.15) is 31.2 Å². The van der Waals surface area contributed by atoms with E-state index in [0.717, 1.165) is 31.4 Å². The molecule has 0 aliphatic carbocycles. The quantitative estimate of drug-likeness (QED) is 0.783. The molecular weight excluding hydrogens is 340 g/mol. The number of nitrogens with zero attached hydrogens (tertiary/aromatic N) is 1. The molecule has 7 heteroatoms. The van der Waals surface area contributed by atoms with E-state index in [1.165, 1.54) is 10.4 Å². The van der Waals surface area contributed by atoms with Crippen molar-refractivity contribution in [1.82, 2.24) is 5.32 Å². The molecule has 0 saturated carbocycles. The van der Waals surface area contributed by atoms with E-state index in [2.05, 4.69) is 5.32 Å². The van der Waals surface area contributed by atoms with Crippen LogP contribution in [0.25, 0.3) is 6.08 Å². The van der Waals surface area contributed by atoms with Gasteiger partial charge in [-0.2, -0.15) is 0 Å². The summed E-state index contributed by atoms with van der Waals surface area (Å²) in [6, 6.07) is 7.19. The maximum Gasteiger partial charge on any atom is 0.244 e. The van der Waals surface area contributed by atoms with Crippen molar-refractivity contribution in [1.29, 1.82) is 0 Å². The molecule has 25 heavy (non-hydrogen) atoms. The van der Waals surface area contributed by atoms with Gasteiger partial charge in [-0.1, -0.05) is 12.1 Å². The topological polar surface area (TPSA) is 75.7 Å². The lowest BCUT2D eigenvalue weighted by Gasteiger charge is -2.16. The van der Waals surface area contributed by atoms with Crippen LogP contribution in [0.15, 0.2) is 30.3 Å². The molecule has 0 aromatic heterocycles. The Morgan fingerprint density at radius 1 is 1.28 bits per heavy atom. The lowest BCUT2D eigenvalue weighted by molar-refractivity contribution is -0.116. The maximum atomic E-state index is 11.9. The first kappa shape index (κ1) is 17.9. The van der Waals surface area contributed by atoms with Crippen LogP contribution in [-0.4, -0.2) is 45.9 Å². The number of carbonyl (C=O) groups is 1.